The van der Waals surface area contributed by atoms with Crippen molar-refractivity contribution in [2.75, 3.05) is 25.6 Å². The molecule has 0 bridgehead atoms. The van der Waals surface area contributed by atoms with Gasteiger partial charge in [-0.2, -0.15) is 0 Å². The Labute approximate surface area is 120 Å². The molecule has 0 spiro atoms. The lowest BCUT2D eigenvalue weighted by molar-refractivity contribution is 0.152. The number of carbonyl (C=O) groups excluding carboxylic acids is 1. The summed E-state index contributed by atoms with van der Waals surface area (Å²) in [5.74, 6) is 0. The minimum atomic E-state index is -0.246. The predicted molar refractivity (Wildman–Crippen MR) is 75.5 cm³/mol. The van der Waals surface area contributed by atoms with E-state index < -0.39 is 0 Å². The van der Waals surface area contributed by atoms with Crippen LogP contribution in [-0.2, 0) is 11.3 Å². The molecular formula is C12H15N5O2S. The molecule has 0 saturated heterocycles. The number of ether oxygens (including phenoxy) is 1. The van der Waals surface area contributed by atoms with Crippen molar-refractivity contribution < 1.29 is 9.53 Å². The van der Waals surface area contributed by atoms with Gasteiger partial charge in [0.1, 0.15) is 5.51 Å². The number of carbonyl (C=O) groups is 1. The summed E-state index contributed by atoms with van der Waals surface area (Å²) in [4.78, 5) is 18.0. The summed E-state index contributed by atoms with van der Waals surface area (Å²) in [5, 5.41) is 10.6. The predicted octanol–water partition coefficient (Wildman–Crippen LogP) is 1.61. The first-order valence-corrected chi connectivity index (χ1v) is 6.88. The van der Waals surface area contributed by atoms with Crippen LogP contribution >= 0.6 is 11.3 Å². The van der Waals surface area contributed by atoms with Crippen LogP contribution in [0.25, 0.3) is 0 Å². The SMILES string of the molecule is COCCN(Cc1ccccn1)C(=O)Nc1nncs1. The molecule has 2 rings (SSSR count). The zero-order valence-electron chi connectivity index (χ0n) is 11.0. The quantitative estimate of drug-likeness (QED) is 0.875. The van der Waals surface area contributed by atoms with Gasteiger partial charge in [-0.3, -0.25) is 10.3 Å². The maximum atomic E-state index is 12.2. The number of urea groups is 1. The number of aromatic nitrogens is 3. The standard InChI is InChI=1S/C12H15N5O2S/c1-19-7-6-17(8-10-4-2-3-5-13-10)12(18)15-11-16-14-9-20-11/h2-5,9H,6-8H2,1H3,(H,15,16,18). The molecule has 0 saturated carbocycles. The van der Waals surface area contributed by atoms with Gasteiger partial charge in [-0.15, -0.1) is 10.2 Å². The van der Waals surface area contributed by atoms with E-state index >= 15 is 0 Å². The number of nitrogens with one attached hydrogen (secondary N) is 1. The monoisotopic (exact) mass is 293 g/mol. The van der Waals surface area contributed by atoms with Gasteiger partial charge in [-0.25, -0.2) is 4.79 Å². The molecule has 0 aromatic carbocycles. The van der Waals surface area contributed by atoms with Gasteiger partial charge in [-0.1, -0.05) is 17.4 Å². The molecule has 0 atom stereocenters. The third-order valence-corrected chi connectivity index (χ3v) is 3.11. The molecule has 2 aromatic rings. The first-order chi connectivity index (χ1) is 9.79. The van der Waals surface area contributed by atoms with Crippen molar-refractivity contribution in [1.82, 2.24) is 20.1 Å². The maximum absolute atomic E-state index is 12.2. The molecule has 2 aromatic heterocycles. The van der Waals surface area contributed by atoms with Crippen molar-refractivity contribution in [2.45, 2.75) is 6.54 Å². The van der Waals surface area contributed by atoms with E-state index in [2.05, 4.69) is 20.5 Å². The van der Waals surface area contributed by atoms with Crippen molar-refractivity contribution in [3.05, 3.63) is 35.6 Å². The fourth-order valence-electron chi connectivity index (χ4n) is 1.54. The van der Waals surface area contributed by atoms with E-state index in [9.17, 15) is 4.79 Å². The molecule has 0 aliphatic carbocycles. The molecule has 7 nitrogen and oxygen atoms in total. The number of methoxy groups -OCH3 is 1. The first-order valence-electron chi connectivity index (χ1n) is 6.00. The summed E-state index contributed by atoms with van der Waals surface area (Å²) in [6.45, 7) is 1.34. The van der Waals surface area contributed by atoms with Gasteiger partial charge in [0, 0.05) is 19.9 Å². The van der Waals surface area contributed by atoms with Gasteiger partial charge < -0.3 is 9.64 Å². The number of anilines is 1. The zero-order valence-corrected chi connectivity index (χ0v) is 11.8. The summed E-state index contributed by atoms with van der Waals surface area (Å²) < 4.78 is 5.03. The van der Waals surface area contributed by atoms with Crippen LogP contribution in [0, 0.1) is 0 Å². The molecule has 2 amide bonds. The van der Waals surface area contributed by atoms with Crippen molar-refractivity contribution >= 4 is 22.5 Å². The lowest BCUT2D eigenvalue weighted by atomic mass is 10.3. The Morgan fingerprint density at radius 2 is 2.40 bits per heavy atom. The zero-order chi connectivity index (χ0) is 14.2. The fraction of sp³-hybridized carbons (Fsp3) is 0.333. The average molecular weight is 293 g/mol. The van der Waals surface area contributed by atoms with E-state index in [-0.39, 0.29) is 6.03 Å². The minimum absolute atomic E-state index is 0.246. The highest BCUT2D eigenvalue weighted by atomic mass is 32.1. The van der Waals surface area contributed by atoms with Crippen LogP contribution in [-0.4, -0.2) is 46.4 Å². The van der Waals surface area contributed by atoms with Crippen LogP contribution in [0.4, 0.5) is 9.93 Å². The van der Waals surface area contributed by atoms with Gasteiger partial charge in [0.25, 0.3) is 0 Å². The van der Waals surface area contributed by atoms with E-state index in [1.54, 1.807) is 23.7 Å². The third kappa shape index (κ3) is 4.25. The molecule has 20 heavy (non-hydrogen) atoms. The normalized spacial score (nSPS) is 10.2. The van der Waals surface area contributed by atoms with E-state index in [1.807, 2.05) is 18.2 Å². The second kappa shape index (κ2) is 7.51. The average Bonchev–Trinajstić information content (AvgIpc) is 2.97. The van der Waals surface area contributed by atoms with Crippen molar-refractivity contribution in [1.29, 1.82) is 0 Å². The number of pyridine rings is 1. The van der Waals surface area contributed by atoms with E-state index in [4.69, 9.17) is 4.74 Å². The molecule has 1 N–H and O–H groups in total. The Morgan fingerprint density at radius 3 is 3.05 bits per heavy atom. The van der Waals surface area contributed by atoms with Crippen LogP contribution in [0.15, 0.2) is 29.9 Å². The molecule has 2 heterocycles. The summed E-state index contributed by atoms with van der Waals surface area (Å²) in [5.41, 5.74) is 2.38. The smallest absolute Gasteiger partial charge is 0.324 e. The van der Waals surface area contributed by atoms with E-state index in [0.717, 1.165) is 5.69 Å². The Kier molecular flexibility index (Phi) is 5.39. The van der Waals surface area contributed by atoms with E-state index in [0.29, 0.717) is 24.8 Å². The molecule has 8 heteroatoms. The second-order valence-electron chi connectivity index (χ2n) is 3.91. The second-order valence-corrected chi connectivity index (χ2v) is 4.74. The highest BCUT2D eigenvalue weighted by molar-refractivity contribution is 7.13. The highest BCUT2D eigenvalue weighted by Gasteiger charge is 2.15. The van der Waals surface area contributed by atoms with Crippen molar-refractivity contribution in [2.24, 2.45) is 0 Å². The van der Waals surface area contributed by atoms with Crippen LogP contribution < -0.4 is 5.32 Å². The minimum Gasteiger partial charge on any atom is -0.383 e. The Balaban J connectivity index is 2.00. The fourth-order valence-corrected chi connectivity index (χ4v) is 1.97. The number of rotatable bonds is 6. The van der Waals surface area contributed by atoms with Crippen LogP contribution in [0.5, 0.6) is 0 Å². The molecule has 0 fully saturated rings. The molecule has 106 valence electrons. The lowest BCUT2D eigenvalue weighted by Crippen LogP contribution is -2.37. The summed E-state index contributed by atoms with van der Waals surface area (Å²) in [6, 6.07) is 5.35. The number of hydrogen-bond donors (Lipinski definition) is 1. The summed E-state index contributed by atoms with van der Waals surface area (Å²) in [7, 11) is 1.60. The lowest BCUT2D eigenvalue weighted by Gasteiger charge is -2.21. The van der Waals surface area contributed by atoms with Gasteiger partial charge >= 0.3 is 6.03 Å². The van der Waals surface area contributed by atoms with Gasteiger partial charge in [0.2, 0.25) is 5.13 Å². The molecule has 0 aliphatic rings. The summed E-state index contributed by atoms with van der Waals surface area (Å²) in [6.07, 6.45) is 1.70. The van der Waals surface area contributed by atoms with Crippen molar-refractivity contribution in [3.63, 3.8) is 0 Å². The number of hydrogen-bond acceptors (Lipinski definition) is 6. The van der Waals surface area contributed by atoms with Crippen LogP contribution in [0.2, 0.25) is 0 Å². The van der Waals surface area contributed by atoms with Gasteiger partial charge in [-0.05, 0) is 12.1 Å². The molecule has 0 unspecified atom stereocenters. The topological polar surface area (TPSA) is 80.2 Å². The molecule has 0 radical (unpaired) electrons. The van der Waals surface area contributed by atoms with Crippen LogP contribution in [0.1, 0.15) is 5.69 Å². The van der Waals surface area contributed by atoms with Gasteiger partial charge in [0.15, 0.2) is 0 Å². The Morgan fingerprint density at radius 1 is 1.50 bits per heavy atom. The first kappa shape index (κ1) is 14.4. The molecule has 0 aliphatic heterocycles. The summed E-state index contributed by atoms with van der Waals surface area (Å²) >= 11 is 1.27. The van der Waals surface area contributed by atoms with Crippen molar-refractivity contribution in [3.8, 4) is 0 Å². The number of amides is 2. The Bertz CT molecular complexity index is 520. The Hall–Kier alpha value is -2.06. The third-order valence-electron chi connectivity index (χ3n) is 2.51. The van der Waals surface area contributed by atoms with Crippen LogP contribution in [0.3, 0.4) is 0 Å². The maximum Gasteiger partial charge on any atom is 0.324 e. The van der Waals surface area contributed by atoms with Gasteiger partial charge in [0.05, 0.1) is 18.8 Å². The van der Waals surface area contributed by atoms with E-state index in [1.165, 1.54) is 11.3 Å². The molecular weight excluding hydrogens is 278 g/mol. The largest absolute Gasteiger partial charge is 0.383 e. The highest BCUT2D eigenvalue weighted by Crippen LogP contribution is 2.10. The number of nitrogens with zero attached hydrogens (tertiary/aromatic N) is 4.